The highest BCUT2D eigenvalue weighted by Gasteiger charge is 2.19. The summed E-state index contributed by atoms with van der Waals surface area (Å²) in [4.78, 5) is 0. The van der Waals surface area contributed by atoms with Gasteiger partial charge in [-0.15, -0.1) is 0 Å². The van der Waals surface area contributed by atoms with Crippen LogP contribution in [0.1, 0.15) is 36.7 Å². The molecular formula is C13H22N2. The van der Waals surface area contributed by atoms with E-state index in [0.717, 1.165) is 19.1 Å². The Hall–Kier alpha value is -0.760. The molecule has 1 aliphatic carbocycles. The normalized spacial score (nSPS) is 15.9. The maximum atomic E-state index is 3.57. The highest BCUT2D eigenvalue weighted by Crippen LogP contribution is 2.19. The first kappa shape index (κ1) is 10.7. The van der Waals surface area contributed by atoms with Crippen LogP contribution in [0, 0.1) is 13.8 Å². The quantitative estimate of drug-likeness (QED) is 0.783. The lowest BCUT2D eigenvalue weighted by Crippen LogP contribution is -2.19. The number of aryl methyl sites for hydroxylation is 1. The Bertz CT molecular complexity index is 335. The molecule has 2 rings (SSSR count). The van der Waals surface area contributed by atoms with Crippen molar-refractivity contribution < 1.29 is 0 Å². The van der Waals surface area contributed by atoms with E-state index in [-0.39, 0.29) is 0 Å². The highest BCUT2D eigenvalue weighted by atomic mass is 15.0. The van der Waals surface area contributed by atoms with Gasteiger partial charge < -0.3 is 9.88 Å². The maximum Gasteiger partial charge on any atom is 0.0196 e. The molecule has 0 aromatic carbocycles. The summed E-state index contributed by atoms with van der Waals surface area (Å²) in [5.41, 5.74) is 4.37. The fraction of sp³-hybridized carbons (Fsp3) is 0.692. The SMILES string of the molecule is CCn1c(C)cc(CCNC2CC2)c1C. The van der Waals surface area contributed by atoms with E-state index in [4.69, 9.17) is 0 Å². The van der Waals surface area contributed by atoms with E-state index in [1.165, 1.54) is 36.2 Å². The smallest absolute Gasteiger partial charge is 0.0196 e. The Kier molecular flexibility index (Phi) is 3.15. The number of nitrogens with one attached hydrogen (secondary N) is 1. The molecule has 1 aromatic heterocycles. The van der Waals surface area contributed by atoms with Crippen molar-refractivity contribution in [2.24, 2.45) is 0 Å². The minimum Gasteiger partial charge on any atom is -0.349 e. The van der Waals surface area contributed by atoms with Crippen LogP contribution in [0.25, 0.3) is 0 Å². The van der Waals surface area contributed by atoms with Crippen LogP contribution in [-0.2, 0) is 13.0 Å². The van der Waals surface area contributed by atoms with Gasteiger partial charge in [-0.25, -0.2) is 0 Å². The van der Waals surface area contributed by atoms with E-state index in [2.05, 4.69) is 36.7 Å². The molecule has 2 nitrogen and oxygen atoms in total. The van der Waals surface area contributed by atoms with Gasteiger partial charge in [0.2, 0.25) is 0 Å². The predicted octanol–water partition coefficient (Wildman–Crippen LogP) is 2.42. The van der Waals surface area contributed by atoms with Crippen molar-refractivity contribution in [1.29, 1.82) is 0 Å². The van der Waals surface area contributed by atoms with E-state index in [1.807, 2.05) is 0 Å². The highest BCUT2D eigenvalue weighted by molar-refractivity contribution is 5.27. The lowest BCUT2D eigenvalue weighted by molar-refractivity contribution is 0.673. The molecule has 1 aromatic rings. The molecule has 15 heavy (non-hydrogen) atoms. The van der Waals surface area contributed by atoms with Crippen LogP contribution in [0.5, 0.6) is 0 Å². The Morgan fingerprint density at radius 2 is 2.13 bits per heavy atom. The number of rotatable bonds is 5. The summed E-state index contributed by atoms with van der Waals surface area (Å²) in [6, 6.07) is 3.17. The molecule has 1 aliphatic rings. The average molecular weight is 206 g/mol. The lowest BCUT2D eigenvalue weighted by Gasteiger charge is -2.06. The van der Waals surface area contributed by atoms with Crippen LogP contribution in [0.4, 0.5) is 0 Å². The summed E-state index contributed by atoms with van der Waals surface area (Å²) in [6.45, 7) is 8.88. The first-order valence-corrected chi connectivity index (χ1v) is 6.11. The second-order valence-electron chi connectivity index (χ2n) is 4.62. The summed E-state index contributed by atoms with van der Waals surface area (Å²) in [7, 11) is 0. The van der Waals surface area contributed by atoms with E-state index in [9.17, 15) is 0 Å². The molecule has 0 saturated heterocycles. The van der Waals surface area contributed by atoms with Crippen LogP contribution in [-0.4, -0.2) is 17.2 Å². The number of hydrogen-bond acceptors (Lipinski definition) is 1. The maximum absolute atomic E-state index is 3.57. The van der Waals surface area contributed by atoms with Gasteiger partial charge >= 0.3 is 0 Å². The summed E-state index contributed by atoms with van der Waals surface area (Å²) < 4.78 is 2.40. The molecule has 1 N–H and O–H groups in total. The molecule has 1 heterocycles. The third-order valence-electron chi connectivity index (χ3n) is 3.40. The van der Waals surface area contributed by atoms with Crippen molar-refractivity contribution in [3.63, 3.8) is 0 Å². The number of hydrogen-bond donors (Lipinski definition) is 1. The van der Waals surface area contributed by atoms with Crippen LogP contribution < -0.4 is 5.32 Å². The molecule has 0 spiro atoms. The van der Waals surface area contributed by atoms with Gasteiger partial charge in [0.1, 0.15) is 0 Å². The summed E-state index contributed by atoms with van der Waals surface area (Å²) in [6.07, 6.45) is 3.94. The second kappa shape index (κ2) is 4.40. The standard InChI is InChI=1S/C13H22N2/c1-4-15-10(2)9-12(11(15)3)7-8-14-13-5-6-13/h9,13-14H,4-8H2,1-3H3. The van der Waals surface area contributed by atoms with E-state index < -0.39 is 0 Å². The van der Waals surface area contributed by atoms with Crippen molar-refractivity contribution in [3.8, 4) is 0 Å². The van der Waals surface area contributed by atoms with Crippen LogP contribution >= 0.6 is 0 Å². The topological polar surface area (TPSA) is 17.0 Å². The largest absolute Gasteiger partial charge is 0.349 e. The zero-order valence-corrected chi connectivity index (χ0v) is 10.1. The molecular weight excluding hydrogens is 184 g/mol. The molecule has 0 amide bonds. The third kappa shape index (κ3) is 2.43. The molecule has 2 heteroatoms. The van der Waals surface area contributed by atoms with Gasteiger partial charge in [0.05, 0.1) is 0 Å². The van der Waals surface area contributed by atoms with Crippen molar-refractivity contribution in [2.75, 3.05) is 6.54 Å². The molecule has 0 bridgehead atoms. The average Bonchev–Trinajstić information content (AvgIpc) is 2.96. The summed E-state index contributed by atoms with van der Waals surface area (Å²) in [5.74, 6) is 0. The fourth-order valence-electron chi connectivity index (χ4n) is 2.31. The molecule has 0 unspecified atom stereocenters. The lowest BCUT2D eigenvalue weighted by atomic mass is 10.2. The predicted molar refractivity (Wildman–Crippen MR) is 64.3 cm³/mol. The zero-order chi connectivity index (χ0) is 10.8. The number of aromatic nitrogens is 1. The van der Waals surface area contributed by atoms with Crippen LogP contribution in [0.3, 0.4) is 0 Å². The van der Waals surface area contributed by atoms with Crippen LogP contribution in [0.2, 0.25) is 0 Å². The third-order valence-corrected chi connectivity index (χ3v) is 3.40. The Labute approximate surface area is 92.7 Å². The van der Waals surface area contributed by atoms with E-state index >= 15 is 0 Å². The molecule has 0 atom stereocenters. The zero-order valence-electron chi connectivity index (χ0n) is 10.1. The van der Waals surface area contributed by atoms with Gasteiger partial charge in [0.15, 0.2) is 0 Å². The molecule has 84 valence electrons. The van der Waals surface area contributed by atoms with Gasteiger partial charge in [-0.2, -0.15) is 0 Å². The van der Waals surface area contributed by atoms with Gasteiger partial charge in [-0.1, -0.05) is 0 Å². The van der Waals surface area contributed by atoms with Crippen LogP contribution in [0.15, 0.2) is 6.07 Å². The monoisotopic (exact) mass is 206 g/mol. The Balaban J connectivity index is 1.94. The Morgan fingerprint density at radius 1 is 1.40 bits per heavy atom. The first-order chi connectivity index (χ1) is 7.22. The van der Waals surface area contributed by atoms with Crippen molar-refractivity contribution in [3.05, 3.63) is 23.0 Å². The van der Waals surface area contributed by atoms with Gasteiger partial charge in [-0.05, 0) is 58.2 Å². The molecule has 1 saturated carbocycles. The minimum atomic E-state index is 0.833. The van der Waals surface area contributed by atoms with Crippen molar-refractivity contribution in [2.45, 2.75) is 52.6 Å². The molecule has 1 fully saturated rings. The van der Waals surface area contributed by atoms with Gasteiger partial charge in [0, 0.05) is 24.0 Å². The molecule has 0 radical (unpaired) electrons. The van der Waals surface area contributed by atoms with Crippen molar-refractivity contribution >= 4 is 0 Å². The minimum absolute atomic E-state index is 0.833. The molecule has 0 aliphatic heterocycles. The second-order valence-corrected chi connectivity index (χ2v) is 4.62. The summed E-state index contributed by atoms with van der Waals surface area (Å²) in [5, 5.41) is 3.57. The van der Waals surface area contributed by atoms with Gasteiger partial charge in [-0.3, -0.25) is 0 Å². The van der Waals surface area contributed by atoms with E-state index in [1.54, 1.807) is 0 Å². The number of nitrogens with zero attached hydrogens (tertiary/aromatic N) is 1. The summed E-state index contributed by atoms with van der Waals surface area (Å²) >= 11 is 0. The Morgan fingerprint density at radius 3 is 2.67 bits per heavy atom. The van der Waals surface area contributed by atoms with E-state index in [0.29, 0.717) is 0 Å². The van der Waals surface area contributed by atoms with Crippen molar-refractivity contribution in [1.82, 2.24) is 9.88 Å². The first-order valence-electron chi connectivity index (χ1n) is 6.11. The van der Waals surface area contributed by atoms with Gasteiger partial charge in [0.25, 0.3) is 0 Å². The fourth-order valence-corrected chi connectivity index (χ4v) is 2.31.